The van der Waals surface area contributed by atoms with Gasteiger partial charge in [0.1, 0.15) is 5.02 Å². The van der Waals surface area contributed by atoms with Crippen LogP contribution in [0.25, 0.3) is 0 Å². The van der Waals surface area contributed by atoms with Gasteiger partial charge in [-0.1, -0.05) is 41.4 Å². The summed E-state index contributed by atoms with van der Waals surface area (Å²) < 4.78 is 5.16. The summed E-state index contributed by atoms with van der Waals surface area (Å²) >= 11 is 11.8. The number of amides is 2. The van der Waals surface area contributed by atoms with Crippen molar-refractivity contribution in [2.75, 3.05) is 6.54 Å². The van der Waals surface area contributed by atoms with E-state index in [2.05, 4.69) is 0 Å². The van der Waals surface area contributed by atoms with Gasteiger partial charge in [0.05, 0.1) is 23.3 Å². The first-order chi connectivity index (χ1) is 11.5. The Bertz CT molecular complexity index is 705. The van der Waals surface area contributed by atoms with Gasteiger partial charge in [0.2, 0.25) is 11.8 Å². The van der Waals surface area contributed by atoms with Crippen molar-refractivity contribution in [1.29, 1.82) is 0 Å². The standard InChI is InChI=1S/C17H15Cl2NO4/c18-12-6-3-7-13(15(12)19)24-14(21)8-9-20-16(22)10-4-1-2-5-11(10)17(20)23/h1-3,6-7,10-11H,4-5,8-9H2/t10-,11-/m1/s1. The minimum absolute atomic E-state index is 0.0156. The minimum atomic E-state index is -0.576. The molecule has 1 aliphatic heterocycles. The Morgan fingerprint density at radius 3 is 2.38 bits per heavy atom. The lowest BCUT2D eigenvalue weighted by Gasteiger charge is -2.14. The predicted molar refractivity (Wildman–Crippen MR) is 88.8 cm³/mol. The van der Waals surface area contributed by atoms with Crippen LogP contribution >= 0.6 is 23.2 Å². The molecule has 0 bridgehead atoms. The molecule has 0 N–H and O–H groups in total. The second-order valence-electron chi connectivity index (χ2n) is 5.76. The Hall–Kier alpha value is -1.85. The van der Waals surface area contributed by atoms with Crippen LogP contribution in [-0.2, 0) is 14.4 Å². The summed E-state index contributed by atoms with van der Waals surface area (Å²) in [6, 6.07) is 4.72. The largest absolute Gasteiger partial charge is 0.425 e. The Morgan fingerprint density at radius 1 is 1.12 bits per heavy atom. The smallest absolute Gasteiger partial charge is 0.313 e. The van der Waals surface area contributed by atoms with E-state index < -0.39 is 5.97 Å². The minimum Gasteiger partial charge on any atom is -0.425 e. The summed E-state index contributed by atoms with van der Waals surface area (Å²) in [6.07, 6.45) is 4.91. The zero-order valence-corrected chi connectivity index (χ0v) is 14.2. The summed E-state index contributed by atoms with van der Waals surface area (Å²) in [5, 5.41) is 0.432. The molecule has 0 aromatic heterocycles. The molecule has 1 fully saturated rings. The zero-order chi connectivity index (χ0) is 17.3. The molecule has 1 heterocycles. The fourth-order valence-electron chi connectivity index (χ4n) is 3.03. The molecular weight excluding hydrogens is 353 g/mol. The molecule has 1 saturated heterocycles. The van der Waals surface area contributed by atoms with E-state index in [4.69, 9.17) is 27.9 Å². The number of nitrogens with zero attached hydrogens (tertiary/aromatic N) is 1. The van der Waals surface area contributed by atoms with E-state index >= 15 is 0 Å². The highest BCUT2D eigenvalue weighted by Crippen LogP contribution is 2.35. The molecular formula is C17H15Cl2NO4. The Morgan fingerprint density at radius 2 is 1.75 bits per heavy atom. The number of benzene rings is 1. The highest BCUT2D eigenvalue weighted by molar-refractivity contribution is 6.43. The van der Waals surface area contributed by atoms with Gasteiger partial charge in [-0.25, -0.2) is 0 Å². The number of halogens is 2. The van der Waals surface area contributed by atoms with Crippen molar-refractivity contribution in [3.8, 4) is 5.75 Å². The van der Waals surface area contributed by atoms with Crippen molar-refractivity contribution in [1.82, 2.24) is 4.90 Å². The van der Waals surface area contributed by atoms with Gasteiger partial charge >= 0.3 is 5.97 Å². The van der Waals surface area contributed by atoms with Crippen molar-refractivity contribution in [2.45, 2.75) is 19.3 Å². The third kappa shape index (κ3) is 3.19. The van der Waals surface area contributed by atoms with Crippen LogP contribution < -0.4 is 4.74 Å². The van der Waals surface area contributed by atoms with Crippen molar-refractivity contribution in [3.05, 3.63) is 40.4 Å². The topological polar surface area (TPSA) is 63.7 Å². The van der Waals surface area contributed by atoms with Gasteiger partial charge in [-0.15, -0.1) is 0 Å². The zero-order valence-electron chi connectivity index (χ0n) is 12.7. The summed E-state index contributed by atoms with van der Waals surface area (Å²) in [7, 11) is 0. The number of ether oxygens (including phenoxy) is 1. The van der Waals surface area contributed by atoms with Crippen LogP contribution in [0.4, 0.5) is 0 Å². The normalized spacial score (nSPS) is 22.7. The number of hydrogen-bond donors (Lipinski definition) is 0. The number of esters is 1. The molecule has 0 saturated carbocycles. The monoisotopic (exact) mass is 367 g/mol. The molecule has 7 heteroatoms. The summed E-state index contributed by atoms with van der Waals surface area (Å²) in [6.45, 7) is 0.0156. The van der Waals surface area contributed by atoms with Crippen LogP contribution in [0.3, 0.4) is 0 Å². The molecule has 1 aromatic rings. The number of carbonyl (C=O) groups is 3. The molecule has 0 radical (unpaired) electrons. The Balaban J connectivity index is 1.59. The fraction of sp³-hybridized carbons (Fsp3) is 0.353. The molecule has 1 aliphatic carbocycles. The molecule has 24 heavy (non-hydrogen) atoms. The molecule has 2 amide bonds. The number of allylic oxidation sites excluding steroid dienone is 2. The average Bonchev–Trinajstić information content (AvgIpc) is 2.82. The van der Waals surface area contributed by atoms with E-state index in [-0.39, 0.29) is 52.4 Å². The molecule has 126 valence electrons. The van der Waals surface area contributed by atoms with E-state index in [1.54, 1.807) is 12.1 Å². The first-order valence-electron chi connectivity index (χ1n) is 7.64. The van der Waals surface area contributed by atoms with E-state index in [9.17, 15) is 14.4 Å². The van der Waals surface area contributed by atoms with E-state index in [0.717, 1.165) is 0 Å². The number of rotatable bonds is 4. The Kier molecular flexibility index (Phi) is 4.92. The van der Waals surface area contributed by atoms with Crippen molar-refractivity contribution >= 4 is 41.0 Å². The van der Waals surface area contributed by atoms with Gasteiger partial charge in [-0.2, -0.15) is 0 Å². The van der Waals surface area contributed by atoms with Crippen molar-refractivity contribution in [2.24, 2.45) is 11.8 Å². The number of fused-ring (bicyclic) bond motifs is 1. The highest BCUT2D eigenvalue weighted by atomic mass is 35.5. The van der Waals surface area contributed by atoms with Crippen LogP contribution in [0.2, 0.25) is 10.0 Å². The highest BCUT2D eigenvalue weighted by Gasteiger charge is 2.46. The molecule has 3 rings (SSSR count). The first kappa shape index (κ1) is 17.0. The molecule has 0 spiro atoms. The maximum absolute atomic E-state index is 12.3. The molecule has 2 aliphatic rings. The summed E-state index contributed by atoms with van der Waals surface area (Å²) in [5.74, 6) is -1.41. The van der Waals surface area contributed by atoms with Gasteiger partial charge in [-0.3, -0.25) is 19.3 Å². The van der Waals surface area contributed by atoms with E-state index in [0.29, 0.717) is 12.8 Å². The number of hydrogen-bond acceptors (Lipinski definition) is 4. The maximum Gasteiger partial charge on any atom is 0.313 e. The fourth-order valence-corrected chi connectivity index (χ4v) is 3.36. The second-order valence-corrected chi connectivity index (χ2v) is 6.55. The van der Waals surface area contributed by atoms with Crippen molar-refractivity contribution < 1.29 is 19.1 Å². The lowest BCUT2D eigenvalue weighted by atomic mass is 9.85. The lowest BCUT2D eigenvalue weighted by Crippen LogP contribution is -2.33. The second kappa shape index (κ2) is 6.95. The summed E-state index contributed by atoms with van der Waals surface area (Å²) in [4.78, 5) is 37.7. The van der Waals surface area contributed by atoms with Gasteiger partial charge in [-0.05, 0) is 25.0 Å². The van der Waals surface area contributed by atoms with Gasteiger partial charge in [0.25, 0.3) is 0 Å². The summed E-state index contributed by atoms with van der Waals surface area (Å²) in [5.41, 5.74) is 0. The Labute approximate surface area is 149 Å². The average molecular weight is 368 g/mol. The molecule has 1 aromatic carbocycles. The van der Waals surface area contributed by atoms with Gasteiger partial charge in [0, 0.05) is 6.54 Å². The van der Waals surface area contributed by atoms with E-state index in [1.807, 2.05) is 12.2 Å². The van der Waals surface area contributed by atoms with Gasteiger partial charge in [0.15, 0.2) is 5.75 Å². The van der Waals surface area contributed by atoms with Crippen LogP contribution in [0.1, 0.15) is 19.3 Å². The third-order valence-corrected chi connectivity index (χ3v) is 5.08. The molecule has 0 unspecified atom stereocenters. The van der Waals surface area contributed by atoms with Crippen LogP contribution in [0, 0.1) is 11.8 Å². The number of imide groups is 1. The van der Waals surface area contributed by atoms with Crippen LogP contribution in [0.5, 0.6) is 5.75 Å². The third-order valence-electron chi connectivity index (χ3n) is 4.28. The molecule has 5 nitrogen and oxygen atoms in total. The SMILES string of the molecule is O=C(CCN1C(=O)[C@@H]2CC=CC[C@H]2C1=O)Oc1cccc(Cl)c1Cl. The van der Waals surface area contributed by atoms with Crippen molar-refractivity contribution in [3.63, 3.8) is 0 Å². The molecule has 2 atom stereocenters. The maximum atomic E-state index is 12.3. The van der Waals surface area contributed by atoms with E-state index in [1.165, 1.54) is 11.0 Å². The van der Waals surface area contributed by atoms with Crippen LogP contribution in [-0.4, -0.2) is 29.2 Å². The van der Waals surface area contributed by atoms with Crippen LogP contribution in [0.15, 0.2) is 30.4 Å². The number of likely N-dealkylation sites (tertiary alicyclic amines) is 1. The lowest BCUT2D eigenvalue weighted by molar-refractivity contribution is -0.141. The number of carbonyl (C=O) groups excluding carboxylic acids is 3. The predicted octanol–water partition coefficient (Wildman–Crippen LogP) is 3.24. The first-order valence-corrected chi connectivity index (χ1v) is 8.39. The quantitative estimate of drug-likeness (QED) is 0.354. The van der Waals surface area contributed by atoms with Gasteiger partial charge < -0.3 is 4.74 Å².